The lowest BCUT2D eigenvalue weighted by Crippen LogP contribution is -2.40. The zero-order valence-corrected chi connectivity index (χ0v) is 21.1. The van der Waals surface area contributed by atoms with Gasteiger partial charge in [0.2, 0.25) is 5.91 Å². The molecule has 1 aromatic heterocycles. The number of alkyl halides is 3. The zero-order valence-electron chi connectivity index (χ0n) is 18.7. The summed E-state index contributed by atoms with van der Waals surface area (Å²) in [5, 5.41) is 30.8. The molecule has 4 N–H and O–H groups in total. The Morgan fingerprint density at radius 1 is 1.26 bits per heavy atom. The van der Waals surface area contributed by atoms with Gasteiger partial charge in [0.1, 0.15) is 0 Å². The van der Waals surface area contributed by atoms with E-state index in [1.807, 2.05) is 6.07 Å². The molecule has 1 saturated carbocycles. The van der Waals surface area contributed by atoms with E-state index in [0.29, 0.717) is 30.0 Å². The first kappa shape index (κ1) is 29.8. The van der Waals surface area contributed by atoms with E-state index in [-0.39, 0.29) is 24.7 Å². The Hall–Kier alpha value is -1.44. The molecule has 1 aliphatic carbocycles. The molecule has 0 aliphatic heterocycles. The van der Waals surface area contributed by atoms with E-state index in [2.05, 4.69) is 0 Å². The fraction of sp³-hybridized carbons (Fsp3) is 0.591. The summed E-state index contributed by atoms with van der Waals surface area (Å²) in [6.45, 7) is 0. The molecule has 0 saturated heterocycles. The molecule has 0 unspecified atom stereocenters. The maximum absolute atomic E-state index is 12.3. The van der Waals surface area contributed by atoms with Crippen molar-refractivity contribution in [1.29, 1.82) is 0 Å². The number of carbonyl (C=O) groups is 1. The van der Waals surface area contributed by atoms with E-state index in [9.17, 15) is 41.7 Å². The largest absolute Gasteiger partial charge is 0.516 e. The Kier molecular flexibility index (Phi) is 11.2. The van der Waals surface area contributed by atoms with E-state index in [1.165, 1.54) is 11.3 Å². The number of thiophene rings is 1. The highest BCUT2D eigenvalue weighted by molar-refractivity contribution is 7.90. The van der Waals surface area contributed by atoms with Gasteiger partial charge < -0.3 is 15.3 Å². The third-order valence-corrected chi connectivity index (χ3v) is 8.09. The fourth-order valence-electron chi connectivity index (χ4n) is 3.85. The predicted octanol–water partition coefficient (Wildman–Crippen LogP) is 3.69. The van der Waals surface area contributed by atoms with Gasteiger partial charge in [0.05, 0.1) is 22.6 Å². The molecule has 1 amide bonds. The maximum Gasteiger partial charge on any atom is 0.516 e. The topological polar surface area (TPSA) is 124 Å². The Labute approximate surface area is 211 Å². The highest BCUT2D eigenvalue weighted by Crippen LogP contribution is 2.36. The molecule has 198 valence electrons. The first-order valence-corrected chi connectivity index (χ1v) is 13.7. The Balaban J connectivity index is 1.77. The van der Waals surface area contributed by atoms with E-state index < -0.39 is 46.2 Å². The molecule has 0 bridgehead atoms. The van der Waals surface area contributed by atoms with Gasteiger partial charge in [-0.05, 0) is 50.2 Å². The number of hydrogen-bond acceptors (Lipinski definition) is 7. The van der Waals surface area contributed by atoms with E-state index >= 15 is 0 Å². The fourth-order valence-corrected chi connectivity index (χ4v) is 5.47. The molecule has 0 spiro atoms. The summed E-state index contributed by atoms with van der Waals surface area (Å²) in [6.07, 6.45) is 6.35. The van der Waals surface area contributed by atoms with Gasteiger partial charge in [-0.3, -0.25) is 4.79 Å². The molecule has 5 atom stereocenters. The first-order chi connectivity index (χ1) is 16.3. The Morgan fingerprint density at radius 3 is 2.60 bits per heavy atom. The van der Waals surface area contributed by atoms with Crippen LogP contribution >= 0.6 is 22.9 Å². The second-order valence-electron chi connectivity index (χ2n) is 8.38. The van der Waals surface area contributed by atoms with Crippen LogP contribution in [0.4, 0.5) is 13.2 Å². The van der Waals surface area contributed by atoms with Crippen molar-refractivity contribution in [3.63, 3.8) is 0 Å². The smallest absolute Gasteiger partial charge is 0.393 e. The molecular formula is C22H29ClF3NO6S2. The minimum Gasteiger partial charge on any atom is -0.393 e. The van der Waals surface area contributed by atoms with Gasteiger partial charge >= 0.3 is 15.5 Å². The summed E-state index contributed by atoms with van der Waals surface area (Å²) < 4.78 is 60.2. The highest BCUT2D eigenvalue weighted by Gasteiger charge is 2.46. The highest BCUT2D eigenvalue weighted by atomic mass is 35.5. The predicted molar refractivity (Wildman–Crippen MR) is 127 cm³/mol. The summed E-state index contributed by atoms with van der Waals surface area (Å²) in [6, 6.07) is 3.70. The van der Waals surface area contributed by atoms with Crippen molar-refractivity contribution in [2.24, 2.45) is 11.8 Å². The quantitative estimate of drug-likeness (QED) is 0.229. The van der Waals surface area contributed by atoms with Crippen LogP contribution in [0.3, 0.4) is 0 Å². The average molecular weight is 560 g/mol. The molecule has 35 heavy (non-hydrogen) atoms. The summed E-state index contributed by atoms with van der Waals surface area (Å²) in [5.74, 6) is -1.89. The van der Waals surface area contributed by atoms with Crippen molar-refractivity contribution >= 4 is 38.9 Å². The SMILES string of the molecule is O=C(CCCC=CC[C@@H]1[C@@H](C=C[C@@H](O)CCc2ccc(Cl)s2)[C@H](O)C[C@@H]1O)NS(=O)(=O)C(F)(F)F. The van der Waals surface area contributed by atoms with Crippen LogP contribution in [0.2, 0.25) is 4.34 Å². The summed E-state index contributed by atoms with van der Waals surface area (Å²) >= 11 is 7.35. The number of carbonyl (C=O) groups excluding carboxylic acids is 1. The van der Waals surface area contributed by atoms with E-state index in [0.717, 1.165) is 9.60 Å². The number of unbranched alkanes of at least 4 members (excludes halogenated alkanes) is 1. The summed E-state index contributed by atoms with van der Waals surface area (Å²) in [4.78, 5) is 12.5. The average Bonchev–Trinajstić information content (AvgIpc) is 3.28. The molecule has 2 rings (SSSR count). The Bertz CT molecular complexity index is 996. The molecule has 1 fully saturated rings. The third-order valence-electron chi connectivity index (χ3n) is 5.69. The molecule has 0 radical (unpaired) electrons. The van der Waals surface area contributed by atoms with Crippen LogP contribution in [-0.4, -0.2) is 53.5 Å². The van der Waals surface area contributed by atoms with Crippen LogP contribution in [0.5, 0.6) is 0 Å². The van der Waals surface area contributed by atoms with Crippen LogP contribution in [0.25, 0.3) is 0 Å². The second kappa shape index (κ2) is 13.2. The van der Waals surface area contributed by atoms with Gasteiger partial charge in [-0.15, -0.1) is 11.3 Å². The lowest BCUT2D eigenvalue weighted by atomic mass is 9.89. The van der Waals surface area contributed by atoms with Gasteiger partial charge in [-0.2, -0.15) is 21.6 Å². The second-order valence-corrected chi connectivity index (χ2v) is 11.9. The monoisotopic (exact) mass is 559 g/mol. The number of nitrogens with one attached hydrogen (secondary N) is 1. The number of amides is 1. The summed E-state index contributed by atoms with van der Waals surface area (Å²) in [5.41, 5.74) is -5.55. The van der Waals surface area contributed by atoms with Gasteiger partial charge in [-0.25, -0.2) is 4.72 Å². The molecule has 13 heteroatoms. The maximum atomic E-state index is 12.3. The number of aliphatic hydroxyl groups excluding tert-OH is 3. The minimum atomic E-state index is -5.70. The lowest BCUT2D eigenvalue weighted by molar-refractivity contribution is -0.120. The number of rotatable bonds is 12. The van der Waals surface area contributed by atoms with Crippen molar-refractivity contribution < 1.29 is 41.7 Å². The lowest BCUT2D eigenvalue weighted by Gasteiger charge is -2.19. The van der Waals surface area contributed by atoms with Crippen molar-refractivity contribution in [2.75, 3.05) is 0 Å². The molecule has 7 nitrogen and oxygen atoms in total. The van der Waals surface area contributed by atoms with Crippen LogP contribution < -0.4 is 4.72 Å². The molecule has 0 aromatic carbocycles. The summed E-state index contributed by atoms with van der Waals surface area (Å²) in [7, 11) is -5.70. The minimum absolute atomic E-state index is 0.135. The van der Waals surface area contributed by atoms with Crippen molar-refractivity contribution in [2.45, 2.75) is 68.8 Å². The van der Waals surface area contributed by atoms with Gasteiger partial charge in [-0.1, -0.05) is 35.9 Å². The van der Waals surface area contributed by atoms with Gasteiger partial charge in [0.15, 0.2) is 0 Å². The number of hydrogen-bond donors (Lipinski definition) is 4. The van der Waals surface area contributed by atoms with Crippen molar-refractivity contribution in [1.82, 2.24) is 4.72 Å². The number of aryl methyl sites for hydroxylation is 1. The Morgan fingerprint density at radius 2 is 1.97 bits per heavy atom. The van der Waals surface area contributed by atoms with Crippen LogP contribution in [0, 0.1) is 11.8 Å². The van der Waals surface area contributed by atoms with Gasteiger partial charge in [0.25, 0.3) is 0 Å². The number of allylic oxidation sites excluding steroid dienone is 2. The number of aliphatic hydroxyl groups is 3. The third kappa shape index (κ3) is 9.51. The van der Waals surface area contributed by atoms with Crippen molar-refractivity contribution in [3.05, 3.63) is 45.7 Å². The molecule has 1 aliphatic rings. The van der Waals surface area contributed by atoms with Gasteiger partial charge in [0, 0.05) is 23.6 Å². The van der Waals surface area contributed by atoms with E-state index in [4.69, 9.17) is 11.6 Å². The molecule has 1 heterocycles. The molecular weight excluding hydrogens is 531 g/mol. The normalized spacial score (nSPS) is 24.4. The standard InChI is InChI=1S/C22H29ClF3NO6S2/c23-20-12-10-15(34-20)9-7-14(28)8-11-17-16(18(29)13-19(17)30)5-3-1-2-4-6-21(31)27-35(32,33)22(24,25)26/h1,3,8,10-12,14,16-19,28-30H,2,4-7,9,13H2,(H,27,31)/t14-,16+,17+,18-,19+/m0/s1. The number of sulfonamides is 1. The van der Waals surface area contributed by atoms with Crippen LogP contribution in [0.15, 0.2) is 36.4 Å². The van der Waals surface area contributed by atoms with Crippen molar-refractivity contribution in [3.8, 4) is 0 Å². The van der Waals surface area contributed by atoms with E-state index in [1.54, 1.807) is 30.4 Å². The number of halogens is 4. The van der Waals surface area contributed by atoms with Crippen LogP contribution in [-0.2, 0) is 21.2 Å². The first-order valence-electron chi connectivity index (χ1n) is 11.0. The molecule has 1 aromatic rings. The van der Waals surface area contributed by atoms with Crippen LogP contribution in [0.1, 0.15) is 43.4 Å². The zero-order chi connectivity index (χ0) is 26.2.